The predicted octanol–water partition coefficient (Wildman–Crippen LogP) is 6.69. The first-order chi connectivity index (χ1) is 27.6. The van der Waals surface area contributed by atoms with Crippen molar-refractivity contribution in [3.63, 3.8) is 0 Å². The average Bonchev–Trinajstić information content (AvgIpc) is 3.31. The van der Waals surface area contributed by atoms with Crippen LogP contribution in [0.1, 0.15) is 65.2 Å². The topological polar surface area (TPSA) is 120 Å². The number of ether oxygens (including phenoxy) is 3. The number of fused-ring (bicyclic) bond motifs is 2. The number of rotatable bonds is 11. The monoisotopic (exact) mass is 825 g/mol. The maximum Gasteiger partial charge on any atom is 0.344 e. The van der Waals surface area contributed by atoms with Crippen molar-refractivity contribution in [2.75, 3.05) is 46.1 Å². The number of carboxylic acids is 1. The minimum atomic E-state index is -3.05. The number of aliphatic carboxylic acids is 1. The molecule has 1 saturated heterocycles. The van der Waals surface area contributed by atoms with E-state index in [4.69, 9.17) is 30.2 Å². The van der Waals surface area contributed by atoms with Gasteiger partial charge in [0.1, 0.15) is 31.0 Å². The standard InChI is InChI=1S/C46H53ClN2O8Si/c1-31(50)46(43(52)53)28-48-23-22-39(46)49(29-45(5,6)30-57-58(44(2,3)4,33-14-9-7-10-15-33)34-16-11-8-12-17-34)37-21-20-32(47)26-36(37)41(56-27-40(49)51)35-18-13-19-38-42(35)55-25-24-54-38/h7-21,26,39,41,48H,22-25,27-30H2,1-6H3/p+1/t39-,41?,46+,49?/m1/s1. The van der Waals surface area contributed by atoms with Crippen LogP contribution in [0.3, 0.4) is 0 Å². The molecule has 3 aliphatic heterocycles. The van der Waals surface area contributed by atoms with Crippen molar-refractivity contribution in [2.45, 2.75) is 65.1 Å². The fourth-order valence-corrected chi connectivity index (χ4v) is 14.7. The van der Waals surface area contributed by atoms with Gasteiger partial charge >= 0.3 is 11.9 Å². The Hall–Kier alpha value is -4.36. The van der Waals surface area contributed by atoms with Crippen molar-refractivity contribution in [2.24, 2.45) is 10.8 Å². The van der Waals surface area contributed by atoms with E-state index in [1.807, 2.05) is 60.7 Å². The number of carbonyl (C=O) groups is 3. The molecule has 7 rings (SSSR count). The van der Waals surface area contributed by atoms with Crippen LogP contribution in [0, 0.1) is 10.8 Å². The van der Waals surface area contributed by atoms with Gasteiger partial charge in [0.25, 0.3) is 8.32 Å². The van der Waals surface area contributed by atoms with Crippen LogP contribution in [0.15, 0.2) is 97.1 Å². The lowest BCUT2D eigenvalue weighted by Crippen LogP contribution is -2.76. The van der Waals surface area contributed by atoms with Gasteiger partial charge in [-0.1, -0.05) is 119 Å². The maximum absolute atomic E-state index is 15.6. The molecule has 4 aromatic carbocycles. The third-order valence-electron chi connectivity index (χ3n) is 12.3. The van der Waals surface area contributed by atoms with Gasteiger partial charge in [0.2, 0.25) is 0 Å². The van der Waals surface area contributed by atoms with E-state index in [0.29, 0.717) is 53.1 Å². The Morgan fingerprint density at radius 3 is 2.19 bits per heavy atom. The Kier molecular flexibility index (Phi) is 11.5. The summed E-state index contributed by atoms with van der Waals surface area (Å²) >= 11 is 6.81. The molecule has 2 unspecified atom stereocenters. The van der Waals surface area contributed by atoms with Gasteiger partial charge in [0, 0.05) is 53.7 Å². The lowest BCUT2D eigenvalue weighted by Gasteiger charge is -2.52. The number of para-hydroxylation sites is 1. The Bertz CT molecular complexity index is 2120. The Morgan fingerprint density at radius 1 is 0.914 bits per heavy atom. The summed E-state index contributed by atoms with van der Waals surface area (Å²) in [7, 11) is -3.05. The number of nitrogens with zero attached hydrogens (tertiary/aromatic N) is 1. The Labute approximate surface area is 347 Å². The van der Waals surface area contributed by atoms with Gasteiger partial charge < -0.3 is 29.1 Å². The van der Waals surface area contributed by atoms with Crippen LogP contribution >= 0.6 is 11.6 Å². The SMILES string of the molecule is CC(=O)[C@@]1(C(=O)O)CNCC[C@H]1[N+]1(CC(C)(C)CO[Si](c2ccccc2)(c2ccccc2)C(C)(C)C)C(=O)COC(c2cccc3c2OCCO3)c2cc(Cl)ccc21. The molecular weight excluding hydrogens is 772 g/mol. The lowest BCUT2D eigenvalue weighted by molar-refractivity contribution is -0.164. The number of carbonyl (C=O) groups excluding carboxylic acids is 2. The molecule has 1 fully saturated rings. The molecule has 1 amide bonds. The first kappa shape index (κ1) is 41.8. The second kappa shape index (κ2) is 16.0. The van der Waals surface area contributed by atoms with Gasteiger partial charge in [-0.05, 0) is 40.5 Å². The first-order valence-corrected chi connectivity index (χ1v) is 22.3. The van der Waals surface area contributed by atoms with Crippen molar-refractivity contribution in [3.05, 3.63) is 113 Å². The van der Waals surface area contributed by atoms with E-state index in [2.05, 4.69) is 64.2 Å². The molecule has 0 aromatic heterocycles. The molecule has 4 atom stereocenters. The van der Waals surface area contributed by atoms with Crippen LogP contribution in [0.25, 0.3) is 0 Å². The van der Waals surface area contributed by atoms with Crippen LogP contribution in [0.4, 0.5) is 5.69 Å². The molecule has 0 radical (unpaired) electrons. The minimum absolute atomic E-state index is 0.105. The van der Waals surface area contributed by atoms with E-state index in [9.17, 15) is 14.7 Å². The highest BCUT2D eigenvalue weighted by Crippen LogP contribution is 2.51. The zero-order valence-corrected chi connectivity index (χ0v) is 35.9. The third-order valence-corrected chi connectivity index (χ3v) is 17.5. The van der Waals surface area contributed by atoms with Gasteiger partial charge in [-0.3, -0.25) is 9.59 Å². The average molecular weight is 826 g/mol. The number of nitrogens with one attached hydrogen (secondary N) is 1. The zero-order chi connectivity index (χ0) is 41.5. The summed E-state index contributed by atoms with van der Waals surface area (Å²) in [6, 6.07) is 30.6. The summed E-state index contributed by atoms with van der Waals surface area (Å²) in [4.78, 5) is 43.2. The number of carboxylic acid groups (broad SMARTS) is 1. The summed E-state index contributed by atoms with van der Waals surface area (Å²) < 4.78 is 25.8. The van der Waals surface area contributed by atoms with Gasteiger partial charge in [0.05, 0.1) is 6.54 Å². The second-order valence-corrected chi connectivity index (χ2v) is 22.4. The van der Waals surface area contributed by atoms with Crippen molar-refractivity contribution in [3.8, 4) is 11.5 Å². The zero-order valence-electron chi connectivity index (χ0n) is 34.2. The molecule has 58 heavy (non-hydrogen) atoms. The number of ketones is 1. The van der Waals surface area contributed by atoms with E-state index in [0.717, 1.165) is 10.4 Å². The molecular formula is C46H54ClN2O8Si+. The summed E-state index contributed by atoms with van der Waals surface area (Å²) in [6.07, 6.45) is -0.600. The summed E-state index contributed by atoms with van der Waals surface area (Å²) in [5.74, 6) is -1.08. The maximum atomic E-state index is 15.6. The normalized spacial score (nSPS) is 23.7. The summed E-state index contributed by atoms with van der Waals surface area (Å²) in [6.45, 7) is 13.1. The molecule has 0 saturated carbocycles. The number of hydrogen-bond acceptors (Lipinski definition) is 8. The smallest absolute Gasteiger partial charge is 0.344 e. The lowest BCUT2D eigenvalue weighted by atomic mass is 9.70. The molecule has 3 heterocycles. The second-order valence-electron chi connectivity index (χ2n) is 17.6. The van der Waals surface area contributed by atoms with Crippen molar-refractivity contribution in [1.82, 2.24) is 9.80 Å². The van der Waals surface area contributed by atoms with Gasteiger partial charge in [-0.2, -0.15) is 0 Å². The van der Waals surface area contributed by atoms with Crippen molar-refractivity contribution < 1.29 is 38.1 Å². The van der Waals surface area contributed by atoms with Crippen LogP contribution < -0.4 is 29.6 Å². The molecule has 2 N–H and O–H groups in total. The molecule has 306 valence electrons. The van der Waals surface area contributed by atoms with Gasteiger partial charge in [0.15, 0.2) is 29.3 Å². The van der Waals surface area contributed by atoms with Crippen LogP contribution in [0.2, 0.25) is 10.1 Å². The number of hydrogen-bond donors (Lipinski definition) is 2. The third kappa shape index (κ3) is 7.09. The molecule has 0 aliphatic carbocycles. The number of halogens is 1. The van der Waals surface area contributed by atoms with Gasteiger partial charge in [-0.25, -0.2) is 9.28 Å². The Balaban J connectivity index is 1.43. The largest absolute Gasteiger partial charge is 0.486 e. The molecule has 3 aliphatic rings. The molecule has 0 bridgehead atoms. The highest BCUT2D eigenvalue weighted by atomic mass is 35.5. The van der Waals surface area contributed by atoms with E-state index in [-0.39, 0.29) is 43.7 Å². The number of benzene rings is 4. The first-order valence-electron chi connectivity index (χ1n) is 20.0. The van der Waals surface area contributed by atoms with Crippen LogP contribution in [0.5, 0.6) is 11.5 Å². The van der Waals surface area contributed by atoms with E-state index in [1.165, 1.54) is 6.92 Å². The van der Waals surface area contributed by atoms with Crippen molar-refractivity contribution in [1.29, 1.82) is 0 Å². The minimum Gasteiger partial charge on any atom is -0.486 e. The van der Waals surface area contributed by atoms with E-state index >= 15 is 4.79 Å². The molecule has 0 spiro atoms. The van der Waals surface area contributed by atoms with E-state index in [1.54, 1.807) is 12.1 Å². The van der Waals surface area contributed by atoms with Gasteiger partial charge in [-0.15, -0.1) is 0 Å². The van der Waals surface area contributed by atoms with Crippen LogP contribution in [-0.4, -0.2) is 83.2 Å². The van der Waals surface area contributed by atoms with E-state index < -0.39 is 47.5 Å². The number of quaternary nitrogens is 1. The molecule has 10 nitrogen and oxygen atoms in total. The number of Topliss-reactive ketones (excluding diaryl/α,β-unsaturated/α-hetero) is 1. The summed E-state index contributed by atoms with van der Waals surface area (Å²) in [5, 5.41) is 16.7. The number of piperidine rings is 1. The Morgan fingerprint density at radius 2 is 1.57 bits per heavy atom. The van der Waals surface area contributed by atoms with Crippen molar-refractivity contribution >= 4 is 53.6 Å². The predicted molar refractivity (Wildman–Crippen MR) is 228 cm³/mol. The molecule has 4 aromatic rings. The summed E-state index contributed by atoms with van der Waals surface area (Å²) in [5.41, 5.74) is -0.949. The quantitative estimate of drug-likeness (QED) is 0.0969. The van der Waals surface area contributed by atoms with Crippen LogP contribution in [-0.2, 0) is 23.5 Å². The molecule has 12 heteroatoms. The number of amides is 1. The highest BCUT2D eigenvalue weighted by molar-refractivity contribution is 6.99. The fraction of sp³-hybridized carbons (Fsp3) is 0.413. The highest BCUT2D eigenvalue weighted by Gasteiger charge is 2.66. The fourth-order valence-electron chi connectivity index (χ4n) is 9.78.